The van der Waals surface area contributed by atoms with Crippen molar-refractivity contribution in [2.24, 2.45) is 0 Å². The topological polar surface area (TPSA) is 88.2 Å². The molecule has 0 radical (unpaired) electrons. The zero-order valence-corrected chi connectivity index (χ0v) is 18.7. The summed E-state index contributed by atoms with van der Waals surface area (Å²) < 4.78 is 37.1. The Labute approximate surface area is 183 Å². The van der Waals surface area contributed by atoms with E-state index in [2.05, 4.69) is 10.2 Å². The van der Waals surface area contributed by atoms with Crippen molar-refractivity contribution in [1.29, 1.82) is 0 Å². The van der Waals surface area contributed by atoms with Crippen molar-refractivity contribution in [2.75, 3.05) is 50.0 Å². The van der Waals surface area contributed by atoms with Crippen LogP contribution >= 0.6 is 0 Å². The first-order valence-corrected chi connectivity index (χ1v) is 12.1. The number of carbonyl (C=O) groups is 1. The third-order valence-corrected chi connectivity index (χ3v) is 6.23. The molecule has 1 aliphatic rings. The first-order valence-electron chi connectivity index (χ1n) is 10.2. The lowest BCUT2D eigenvalue weighted by atomic mass is 10.2. The Hall–Kier alpha value is -2.62. The van der Waals surface area contributed by atoms with Gasteiger partial charge in [-0.15, -0.1) is 0 Å². The molecule has 2 aromatic rings. The molecular weight excluding hydrogens is 418 g/mol. The molecule has 8 nitrogen and oxygen atoms in total. The van der Waals surface area contributed by atoms with Crippen molar-refractivity contribution in [3.63, 3.8) is 0 Å². The van der Waals surface area contributed by atoms with Crippen LogP contribution in [0.25, 0.3) is 0 Å². The number of nitrogens with one attached hydrogen (secondary N) is 1. The Morgan fingerprint density at radius 1 is 1.10 bits per heavy atom. The molecule has 0 saturated carbocycles. The molecule has 0 unspecified atom stereocenters. The smallest absolute Gasteiger partial charge is 0.243 e. The molecule has 1 N–H and O–H groups in total. The van der Waals surface area contributed by atoms with E-state index >= 15 is 0 Å². The molecule has 168 valence electrons. The van der Waals surface area contributed by atoms with Crippen molar-refractivity contribution in [3.8, 4) is 11.5 Å². The van der Waals surface area contributed by atoms with Crippen LogP contribution in [0.3, 0.4) is 0 Å². The second-order valence-electron chi connectivity index (χ2n) is 7.39. The molecule has 2 aromatic carbocycles. The Morgan fingerprint density at radius 3 is 2.32 bits per heavy atom. The molecule has 1 amide bonds. The number of anilines is 1. The average molecular weight is 448 g/mol. The van der Waals surface area contributed by atoms with Gasteiger partial charge in [-0.3, -0.25) is 14.0 Å². The quantitative estimate of drug-likeness (QED) is 0.633. The minimum Gasteiger partial charge on any atom is -0.457 e. The minimum atomic E-state index is -3.67. The summed E-state index contributed by atoms with van der Waals surface area (Å²) in [6.45, 7) is 5.78. The predicted octanol–water partition coefficient (Wildman–Crippen LogP) is 2.08. The van der Waals surface area contributed by atoms with Crippen LogP contribution in [0.5, 0.6) is 11.5 Å². The van der Waals surface area contributed by atoms with Gasteiger partial charge in [0.25, 0.3) is 0 Å². The number of carbonyl (C=O) groups excluding carboxylic acids is 1. The minimum absolute atomic E-state index is 0.344. The van der Waals surface area contributed by atoms with Crippen LogP contribution < -0.4 is 14.4 Å². The number of hydrogen-bond acceptors (Lipinski definition) is 6. The number of hydrogen-bond donors (Lipinski definition) is 1. The maximum absolute atomic E-state index is 12.7. The lowest BCUT2D eigenvalue weighted by Crippen LogP contribution is -2.49. The summed E-state index contributed by atoms with van der Waals surface area (Å²) in [6, 6.07) is 15.1. The number of ether oxygens (including phenoxy) is 2. The van der Waals surface area contributed by atoms with Gasteiger partial charge in [-0.1, -0.05) is 18.2 Å². The fourth-order valence-electron chi connectivity index (χ4n) is 3.40. The van der Waals surface area contributed by atoms with Crippen LogP contribution in [0.4, 0.5) is 5.69 Å². The van der Waals surface area contributed by atoms with E-state index in [0.717, 1.165) is 23.7 Å². The summed E-state index contributed by atoms with van der Waals surface area (Å²) in [4.78, 5) is 14.9. The van der Waals surface area contributed by atoms with Gasteiger partial charge in [-0.25, -0.2) is 8.42 Å². The van der Waals surface area contributed by atoms with Gasteiger partial charge in [0.15, 0.2) is 0 Å². The van der Waals surface area contributed by atoms with Gasteiger partial charge in [0.05, 0.1) is 25.2 Å². The standard InChI is InChI=1S/C22H29N3O5S/c1-18(22(26)23-12-13-24-14-16-29-17-15-24)25(31(2,27)28)19-8-10-21(11-9-19)30-20-6-4-3-5-7-20/h3-11,18H,12-17H2,1-2H3,(H,23,26)/t18-/m0/s1. The Kier molecular flexibility index (Phi) is 7.89. The Morgan fingerprint density at radius 2 is 1.71 bits per heavy atom. The highest BCUT2D eigenvalue weighted by molar-refractivity contribution is 7.92. The number of rotatable bonds is 9. The first-order chi connectivity index (χ1) is 14.8. The summed E-state index contributed by atoms with van der Waals surface area (Å²) in [6.07, 6.45) is 1.10. The molecule has 1 atom stereocenters. The molecule has 0 bridgehead atoms. The molecular formula is C22H29N3O5S. The van der Waals surface area contributed by atoms with E-state index in [-0.39, 0.29) is 5.91 Å². The number of benzene rings is 2. The van der Waals surface area contributed by atoms with E-state index in [9.17, 15) is 13.2 Å². The van der Waals surface area contributed by atoms with Crippen molar-refractivity contribution in [1.82, 2.24) is 10.2 Å². The van der Waals surface area contributed by atoms with Crippen LogP contribution in [0.2, 0.25) is 0 Å². The summed E-state index contributed by atoms with van der Waals surface area (Å²) in [5, 5.41) is 2.84. The summed E-state index contributed by atoms with van der Waals surface area (Å²) in [5.74, 6) is 0.914. The van der Waals surface area contributed by atoms with E-state index < -0.39 is 16.1 Å². The summed E-state index contributed by atoms with van der Waals surface area (Å²) in [7, 11) is -3.67. The van der Waals surface area contributed by atoms with E-state index in [1.165, 1.54) is 0 Å². The van der Waals surface area contributed by atoms with Gasteiger partial charge < -0.3 is 14.8 Å². The third-order valence-electron chi connectivity index (χ3n) is 4.99. The van der Waals surface area contributed by atoms with E-state index in [1.807, 2.05) is 30.3 Å². The van der Waals surface area contributed by atoms with E-state index in [4.69, 9.17) is 9.47 Å². The second kappa shape index (κ2) is 10.6. The van der Waals surface area contributed by atoms with Gasteiger partial charge in [0, 0.05) is 26.2 Å². The number of morpholine rings is 1. The van der Waals surface area contributed by atoms with Crippen molar-refractivity contribution in [2.45, 2.75) is 13.0 Å². The second-order valence-corrected chi connectivity index (χ2v) is 9.25. The number of para-hydroxylation sites is 1. The Balaban J connectivity index is 1.64. The maximum atomic E-state index is 12.7. The largest absolute Gasteiger partial charge is 0.457 e. The van der Waals surface area contributed by atoms with Crippen molar-refractivity contribution >= 4 is 21.6 Å². The van der Waals surface area contributed by atoms with Crippen molar-refractivity contribution < 1.29 is 22.7 Å². The monoisotopic (exact) mass is 447 g/mol. The highest BCUT2D eigenvalue weighted by Crippen LogP contribution is 2.26. The molecule has 0 aliphatic carbocycles. The first kappa shape index (κ1) is 23.1. The lowest BCUT2D eigenvalue weighted by molar-refractivity contribution is -0.121. The number of amides is 1. The lowest BCUT2D eigenvalue weighted by Gasteiger charge is -2.29. The number of nitrogens with zero attached hydrogens (tertiary/aromatic N) is 2. The zero-order valence-electron chi connectivity index (χ0n) is 17.9. The molecule has 9 heteroatoms. The van der Waals surface area contributed by atoms with Gasteiger partial charge in [-0.2, -0.15) is 0 Å². The summed E-state index contributed by atoms with van der Waals surface area (Å²) >= 11 is 0. The van der Waals surface area contributed by atoms with Crippen LogP contribution in [-0.2, 0) is 19.6 Å². The highest BCUT2D eigenvalue weighted by atomic mass is 32.2. The molecule has 0 spiro atoms. The Bertz CT molecular complexity index is 945. The predicted molar refractivity (Wildman–Crippen MR) is 120 cm³/mol. The fourth-order valence-corrected chi connectivity index (χ4v) is 4.58. The van der Waals surface area contributed by atoms with Crippen molar-refractivity contribution in [3.05, 3.63) is 54.6 Å². The SMILES string of the molecule is C[C@@H](C(=O)NCCN1CCOCC1)N(c1ccc(Oc2ccccc2)cc1)S(C)(=O)=O. The van der Waals surface area contributed by atoms with Crippen LogP contribution in [0.1, 0.15) is 6.92 Å². The van der Waals surface area contributed by atoms with Crippen LogP contribution in [0, 0.1) is 0 Å². The van der Waals surface area contributed by atoms with Gasteiger partial charge >= 0.3 is 0 Å². The average Bonchev–Trinajstić information content (AvgIpc) is 2.75. The molecule has 1 fully saturated rings. The molecule has 31 heavy (non-hydrogen) atoms. The van der Waals surface area contributed by atoms with Crippen LogP contribution in [0.15, 0.2) is 54.6 Å². The number of sulfonamides is 1. The normalized spacial score (nSPS) is 15.8. The highest BCUT2D eigenvalue weighted by Gasteiger charge is 2.29. The van der Waals surface area contributed by atoms with Crippen LogP contribution in [-0.4, -0.2) is 70.9 Å². The third kappa shape index (κ3) is 6.68. The zero-order chi connectivity index (χ0) is 22.3. The van der Waals surface area contributed by atoms with Gasteiger partial charge in [0.1, 0.15) is 17.5 Å². The molecule has 1 aliphatic heterocycles. The van der Waals surface area contributed by atoms with E-state index in [0.29, 0.717) is 43.5 Å². The van der Waals surface area contributed by atoms with Gasteiger partial charge in [0.2, 0.25) is 15.9 Å². The van der Waals surface area contributed by atoms with E-state index in [1.54, 1.807) is 31.2 Å². The molecule has 1 saturated heterocycles. The molecule has 3 rings (SSSR count). The molecule has 0 aromatic heterocycles. The summed E-state index contributed by atoms with van der Waals surface area (Å²) in [5.41, 5.74) is 0.402. The van der Waals surface area contributed by atoms with Gasteiger partial charge in [-0.05, 0) is 43.3 Å². The maximum Gasteiger partial charge on any atom is 0.243 e. The molecule has 1 heterocycles. The fraction of sp³-hybridized carbons (Fsp3) is 0.409.